The molecule has 1 N–H and O–H groups in total. The minimum Gasteiger partial charge on any atom is -0.350 e. The second-order valence-corrected chi connectivity index (χ2v) is 5.27. The topological polar surface area (TPSA) is 55.6 Å². The van der Waals surface area contributed by atoms with Gasteiger partial charge in [-0.2, -0.15) is 0 Å². The van der Waals surface area contributed by atoms with Crippen LogP contribution in [0.4, 0.5) is 5.95 Å². The van der Waals surface area contributed by atoms with Gasteiger partial charge >= 0.3 is 0 Å². The summed E-state index contributed by atoms with van der Waals surface area (Å²) >= 11 is 6.94. The van der Waals surface area contributed by atoms with Gasteiger partial charge in [0.2, 0.25) is 5.95 Å². The van der Waals surface area contributed by atoms with Crippen LogP contribution in [-0.4, -0.2) is 19.7 Å². The molecule has 0 fully saturated rings. The summed E-state index contributed by atoms with van der Waals surface area (Å²) in [6, 6.07) is 0. The summed E-state index contributed by atoms with van der Waals surface area (Å²) in [6.07, 6.45) is 3.54. The Labute approximate surface area is 116 Å². The first kappa shape index (κ1) is 12.5. The van der Waals surface area contributed by atoms with Crippen molar-refractivity contribution in [1.82, 2.24) is 19.7 Å². The van der Waals surface area contributed by atoms with Gasteiger partial charge in [-0.1, -0.05) is 0 Å². The van der Waals surface area contributed by atoms with Crippen molar-refractivity contribution in [3.63, 3.8) is 0 Å². The van der Waals surface area contributed by atoms with Crippen molar-refractivity contribution in [3.8, 4) is 0 Å². The quantitative estimate of drug-likeness (QED) is 0.914. The van der Waals surface area contributed by atoms with Crippen LogP contribution in [0.3, 0.4) is 0 Å². The number of pyridine rings is 1. The molecule has 17 heavy (non-hydrogen) atoms. The molecule has 2 aromatic rings. The predicted molar refractivity (Wildman–Crippen MR) is 72.7 cm³/mol. The minimum absolute atomic E-state index is 0.648. The van der Waals surface area contributed by atoms with Gasteiger partial charge < -0.3 is 9.88 Å². The average molecular weight is 361 g/mol. The molecule has 0 radical (unpaired) electrons. The number of hydrogen-bond donors (Lipinski definition) is 1. The Morgan fingerprint density at radius 1 is 1.24 bits per heavy atom. The standard InChI is InChI=1S/C10H11Br2N5/c1-6-15-16-10(17(6)2)14-3-7-8(11)4-13-5-9(7)12/h4-5H,3H2,1-2H3,(H,14,16). The van der Waals surface area contributed by atoms with Crippen LogP contribution in [-0.2, 0) is 13.6 Å². The van der Waals surface area contributed by atoms with Crippen molar-refractivity contribution in [2.45, 2.75) is 13.5 Å². The number of nitrogens with zero attached hydrogens (tertiary/aromatic N) is 4. The molecule has 0 spiro atoms. The lowest BCUT2D eigenvalue weighted by Crippen LogP contribution is -2.06. The van der Waals surface area contributed by atoms with Gasteiger partial charge in [-0.3, -0.25) is 4.98 Å². The molecule has 0 bridgehead atoms. The first-order valence-electron chi connectivity index (χ1n) is 4.97. The van der Waals surface area contributed by atoms with E-state index in [2.05, 4.69) is 52.4 Å². The lowest BCUT2D eigenvalue weighted by atomic mass is 10.3. The van der Waals surface area contributed by atoms with Gasteiger partial charge in [0.05, 0.1) is 0 Å². The highest BCUT2D eigenvalue weighted by atomic mass is 79.9. The van der Waals surface area contributed by atoms with Gasteiger partial charge in [0.1, 0.15) is 5.82 Å². The smallest absolute Gasteiger partial charge is 0.224 e. The third-order valence-electron chi connectivity index (χ3n) is 2.47. The maximum Gasteiger partial charge on any atom is 0.224 e. The summed E-state index contributed by atoms with van der Waals surface area (Å²) < 4.78 is 3.82. The van der Waals surface area contributed by atoms with E-state index in [9.17, 15) is 0 Å². The van der Waals surface area contributed by atoms with Crippen molar-refractivity contribution in [3.05, 3.63) is 32.7 Å². The number of aromatic nitrogens is 4. The Balaban J connectivity index is 2.15. The van der Waals surface area contributed by atoms with Gasteiger partial charge in [-0.15, -0.1) is 10.2 Å². The van der Waals surface area contributed by atoms with E-state index in [0.29, 0.717) is 6.54 Å². The Morgan fingerprint density at radius 3 is 2.41 bits per heavy atom. The summed E-state index contributed by atoms with van der Waals surface area (Å²) in [5, 5.41) is 11.3. The van der Waals surface area contributed by atoms with Crippen molar-refractivity contribution >= 4 is 37.8 Å². The third-order valence-corrected chi connectivity index (χ3v) is 3.83. The molecule has 0 unspecified atom stereocenters. The Bertz CT molecular complexity index is 517. The molecule has 0 aliphatic carbocycles. The summed E-state index contributed by atoms with van der Waals surface area (Å²) in [5.41, 5.74) is 1.10. The largest absolute Gasteiger partial charge is 0.350 e. The third kappa shape index (κ3) is 2.66. The number of rotatable bonds is 3. The van der Waals surface area contributed by atoms with E-state index >= 15 is 0 Å². The van der Waals surface area contributed by atoms with Crippen LogP contribution in [0.15, 0.2) is 21.3 Å². The summed E-state index contributed by atoms with van der Waals surface area (Å²) in [7, 11) is 1.92. The second kappa shape index (κ2) is 5.14. The zero-order valence-corrected chi connectivity index (χ0v) is 12.6. The lowest BCUT2D eigenvalue weighted by molar-refractivity contribution is 0.853. The fourth-order valence-electron chi connectivity index (χ4n) is 1.34. The molecule has 5 nitrogen and oxygen atoms in total. The monoisotopic (exact) mass is 359 g/mol. The molecule has 2 rings (SSSR count). The highest BCUT2D eigenvalue weighted by Gasteiger charge is 2.08. The Hall–Kier alpha value is -0.950. The number of aryl methyl sites for hydroxylation is 1. The molecule has 0 atom stereocenters. The van der Waals surface area contributed by atoms with E-state index in [4.69, 9.17) is 0 Å². The summed E-state index contributed by atoms with van der Waals surface area (Å²) in [5.74, 6) is 1.62. The van der Waals surface area contributed by atoms with E-state index in [1.807, 2.05) is 18.5 Å². The highest BCUT2D eigenvalue weighted by Crippen LogP contribution is 2.24. The van der Waals surface area contributed by atoms with E-state index in [-0.39, 0.29) is 0 Å². The van der Waals surface area contributed by atoms with Gasteiger partial charge in [0, 0.05) is 40.5 Å². The predicted octanol–water partition coefficient (Wildman–Crippen LogP) is 2.66. The van der Waals surface area contributed by atoms with Gasteiger partial charge in [-0.25, -0.2) is 0 Å². The van der Waals surface area contributed by atoms with Crippen LogP contribution < -0.4 is 5.32 Å². The van der Waals surface area contributed by atoms with E-state index in [1.165, 1.54) is 0 Å². The summed E-state index contributed by atoms with van der Waals surface area (Å²) in [4.78, 5) is 4.07. The molecule has 7 heteroatoms. The molecule has 0 saturated heterocycles. The number of hydrogen-bond acceptors (Lipinski definition) is 4. The van der Waals surface area contributed by atoms with Crippen LogP contribution in [0.25, 0.3) is 0 Å². The van der Waals surface area contributed by atoms with Gasteiger partial charge in [0.25, 0.3) is 0 Å². The van der Waals surface area contributed by atoms with Crippen LogP contribution in [0.5, 0.6) is 0 Å². The fraction of sp³-hybridized carbons (Fsp3) is 0.300. The van der Waals surface area contributed by atoms with Crippen LogP contribution in [0, 0.1) is 6.92 Å². The second-order valence-electron chi connectivity index (χ2n) is 3.57. The van der Waals surface area contributed by atoms with Crippen molar-refractivity contribution < 1.29 is 0 Å². The van der Waals surface area contributed by atoms with E-state index in [0.717, 1.165) is 26.3 Å². The molecule has 2 aromatic heterocycles. The van der Waals surface area contributed by atoms with Crippen LogP contribution in [0.2, 0.25) is 0 Å². The van der Waals surface area contributed by atoms with Gasteiger partial charge in [0.15, 0.2) is 0 Å². The first-order chi connectivity index (χ1) is 8.09. The maximum atomic E-state index is 4.07. The molecule has 0 aliphatic heterocycles. The highest BCUT2D eigenvalue weighted by molar-refractivity contribution is 9.11. The molecular formula is C10H11Br2N5. The Morgan fingerprint density at radius 2 is 1.88 bits per heavy atom. The SMILES string of the molecule is Cc1nnc(NCc2c(Br)cncc2Br)n1C. The van der Waals surface area contributed by atoms with E-state index < -0.39 is 0 Å². The van der Waals surface area contributed by atoms with Crippen molar-refractivity contribution in [2.24, 2.45) is 7.05 Å². The molecule has 0 aliphatic rings. The number of halogens is 2. The summed E-state index contributed by atoms with van der Waals surface area (Å²) in [6.45, 7) is 2.56. The van der Waals surface area contributed by atoms with Crippen molar-refractivity contribution in [1.29, 1.82) is 0 Å². The molecule has 2 heterocycles. The molecular weight excluding hydrogens is 350 g/mol. The lowest BCUT2D eigenvalue weighted by Gasteiger charge is -2.08. The molecule has 0 saturated carbocycles. The van der Waals surface area contributed by atoms with E-state index in [1.54, 1.807) is 12.4 Å². The zero-order chi connectivity index (χ0) is 12.4. The normalized spacial score (nSPS) is 10.6. The van der Waals surface area contributed by atoms with Crippen molar-refractivity contribution in [2.75, 3.05) is 5.32 Å². The number of nitrogens with one attached hydrogen (secondary N) is 1. The maximum absolute atomic E-state index is 4.07. The zero-order valence-electron chi connectivity index (χ0n) is 9.41. The molecule has 0 aromatic carbocycles. The van der Waals surface area contributed by atoms with Crippen LogP contribution in [0.1, 0.15) is 11.4 Å². The number of anilines is 1. The van der Waals surface area contributed by atoms with Crippen LogP contribution >= 0.6 is 31.9 Å². The average Bonchev–Trinajstić information content (AvgIpc) is 2.60. The van der Waals surface area contributed by atoms with Gasteiger partial charge in [-0.05, 0) is 38.8 Å². The molecule has 0 amide bonds. The Kier molecular flexibility index (Phi) is 3.78. The first-order valence-corrected chi connectivity index (χ1v) is 6.56. The minimum atomic E-state index is 0.648. The fourth-order valence-corrected chi connectivity index (χ4v) is 2.55. The molecule has 90 valence electrons.